The molecule has 6 heteroatoms. The smallest absolute Gasteiger partial charge is 0.194 e. The minimum Gasteiger partial charge on any atom is -0.453 e. The van der Waals surface area contributed by atoms with Crippen molar-refractivity contribution < 1.29 is 4.74 Å². The molecule has 15 aromatic rings. The monoisotopic (exact) mass is 945 g/mol. The summed E-state index contributed by atoms with van der Waals surface area (Å²) >= 11 is 0. The van der Waals surface area contributed by atoms with Gasteiger partial charge < -0.3 is 19.6 Å². The topological polar surface area (TPSA) is 78.2 Å². The molecule has 6 nitrogen and oxygen atoms in total. The molecule has 0 saturated carbocycles. The molecule has 2 aromatic heterocycles. The van der Waals surface area contributed by atoms with Crippen molar-refractivity contribution in [1.82, 2.24) is 9.97 Å². The second-order valence-electron chi connectivity index (χ2n) is 19.6. The number of nitrogens with one attached hydrogen (secondary N) is 2. The zero-order chi connectivity index (χ0) is 48.8. The van der Waals surface area contributed by atoms with Crippen LogP contribution in [-0.2, 0) is 0 Å². The maximum atomic E-state index is 15.8. The van der Waals surface area contributed by atoms with Gasteiger partial charge in [-0.15, -0.1) is 0 Å². The second-order valence-corrected chi connectivity index (χ2v) is 19.6. The molecular weight excluding hydrogens is 907 g/mol. The van der Waals surface area contributed by atoms with E-state index in [1.165, 1.54) is 0 Å². The van der Waals surface area contributed by atoms with Crippen LogP contribution in [-0.4, -0.2) is 9.97 Å². The van der Waals surface area contributed by atoms with Crippen molar-refractivity contribution in [2.24, 2.45) is 0 Å². The van der Waals surface area contributed by atoms with Crippen molar-refractivity contribution in [1.29, 1.82) is 0 Å². The van der Waals surface area contributed by atoms with Gasteiger partial charge in [-0.05, 0) is 134 Å². The van der Waals surface area contributed by atoms with Gasteiger partial charge in [-0.3, -0.25) is 9.59 Å². The third-order valence-electron chi connectivity index (χ3n) is 15.6. The molecule has 0 bridgehead atoms. The number of para-hydroxylation sites is 2. The first kappa shape index (κ1) is 40.7. The first-order valence-electron chi connectivity index (χ1n) is 25.0. The van der Waals surface area contributed by atoms with E-state index in [2.05, 4.69) is 154 Å². The summed E-state index contributed by atoms with van der Waals surface area (Å²) in [4.78, 5) is 40.4. The van der Waals surface area contributed by atoms with Crippen LogP contribution in [0.3, 0.4) is 0 Å². The Labute approximate surface area is 422 Å². The Hall–Kier alpha value is -10.0. The lowest BCUT2D eigenvalue weighted by molar-refractivity contribution is 0.477. The predicted molar refractivity (Wildman–Crippen MR) is 307 cm³/mol. The van der Waals surface area contributed by atoms with E-state index in [1.807, 2.05) is 84.9 Å². The van der Waals surface area contributed by atoms with Crippen molar-refractivity contribution >= 4 is 104 Å². The van der Waals surface area contributed by atoms with Gasteiger partial charge in [-0.1, -0.05) is 146 Å². The number of aromatic nitrogens is 2. The number of rotatable bonds is 5. The third kappa shape index (κ3) is 5.82. The van der Waals surface area contributed by atoms with Crippen molar-refractivity contribution in [3.63, 3.8) is 0 Å². The van der Waals surface area contributed by atoms with Gasteiger partial charge in [0.15, 0.2) is 22.4 Å². The Kier molecular flexibility index (Phi) is 8.37. The summed E-state index contributed by atoms with van der Waals surface area (Å²) in [6.07, 6.45) is 0. The fourth-order valence-electron chi connectivity index (χ4n) is 12.2. The summed E-state index contributed by atoms with van der Waals surface area (Å²) in [5, 5.41) is 9.95. The van der Waals surface area contributed by atoms with Crippen LogP contribution in [0.25, 0.3) is 131 Å². The van der Waals surface area contributed by atoms with E-state index in [0.717, 1.165) is 127 Å². The molecule has 16 rings (SSSR count). The Balaban J connectivity index is 0.977. The molecule has 1 aliphatic rings. The molecule has 0 radical (unpaired) electrons. The Morgan fingerprint density at radius 1 is 0.284 bits per heavy atom. The summed E-state index contributed by atoms with van der Waals surface area (Å²) < 4.78 is 6.75. The van der Waals surface area contributed by atoms with Crippen molar-refractivity contribution in [2.75, 3.05) is 4.90 Å². The van der Waals surface area contributed by atoms with Crippen LogP contribution < -0.4 is 20.5 Å². The van der Waals surface area contributed by atoms with Gasteiger partial charge in [0.1, 0.15) is 0 Å². The molecule has 344 valence electrons. The molecule has 2 N–H and O–H groups in total. The number of aromatic amines is 2. The quantitative estimate of drug-likeness (QED) is 0.180. The molecule has 0 saturated heterocycles. The number of anilines is 3. The molecule has 13 aromatic carbocycles. The van der Waals surface area contributed by atoms with Gasteiger partial charge in [0.05, 0.1) is 17.1 Å². The van der Waals surface area contributed by atoms with E-state index in [1.54, 1.807) is 0 Å². The lowest BCUT2D eigenvalue weighted by Gasteiger charge is -2.34. The Morgan fingerprint density at radius 2 is 0.757 bits per heavy atom. The van der Waals surface area contributed by atoms with E-state index in [-0.39, 0.29) is 10.9 Å². The van der Waals surface area contributed by atoms with E-state index in [9.17, 15) is 0 Å². The highest BCUT2D eigenvalue weighted by Gasteiger charge is 2.31. The molecule has 0 amide bonds. The summed E-state index contributed by atoms with van der Waals surface area (Å²) in [5.74, 6) is 1.39. The largest absolute Gasteiger partial charge is 0.453 e. The van der Waals surface area contributed by atoms with Crippen LogP contribution >= 0.6 is 0 Å². The maximum Gasteiger partial charge on any atom is 0.194 e. The highest BCUT2D eigenvalue weighted by molar-refractivity contribution is 6.28. The summed E-state index contributed by atoms with van der Waals surface area (Å²) in [5.41, 5.74) is 14.5. The molecule has 74 heavy (non-hydrogen) atoms. The van der Waals surface area contributed by atoms with Crippen LogP contribution in [0.1, 0.15) is 0 Å². The lowest BCUT2D eigenvalue weighted by Crippen LogP contribution is -2.16. The van der Waals surface area contributed by atoms with Gasteiger partial charge in [-0.25, -0.2) is 0 Å². The van der Waals surface area contributed by atoms with Crippen molar-refractivity contribution in [3.8, 4) is 56.0 Å². The fraction of sp³-hybridized carbons (Fsp3) is 0. The fourth-order valence-corrected chi connectivity index (χ4v) is 12.2. The van der Waals surface area contributed by atoms with Crippen molar-refractivity contribution in [3.05, 3.63) is 245 Å². The van der Waals surface area contributed by atoms with E-state index >= 15 is 9.59 Å². The van der Waals surface area contributed by atoms with Crippen LogP contribution in [0.15, 0.2) is 234 Å². The first-order valence-corrected chi connectivity index (χ1v) is 25.0. The highest BCUT2D eigenvalue weighted by atomic mass is 16.5. The summed E-state index contributed by atoms with van der Waals surface area (Å²) in [6.45, 7) is 0. The normalized spacial score (nSPS) is 12.5. The minimum absolute atomic E-state index is 0.0673. The molecule has 0 unspecified atom stereocenters. The number of ether oxygens (including phenoxy) is 1. The molecule has 0 aliphatic carbocycles. The molecule has 0 spiro atoms. The second kappa shape index (κ2) is 15.2. The molecular formula is C68H39N3O3. The highest BCUT2D eigenvalue weighted by Crippen LogP contribution is 2.54. The average molecular weight is 946 g/mol. The SMILES string of the molecule is O=c1c2cc3c(cc2c2c(N4c5cc(-c6ccccc6)ccc5Oc5ccc(-c6ccccc6)cc54)cccc12)c(=O)c1c(-c2ccc4[nH]c5ccccc5c4c2)ccc(-c2ccc4[nH]c5ccccc5c4c2)c13. The van der Waals surface area contributed by atoms with Crippen molar-refractivity contribution in [2.45, 2.75) is 0 Å². The van der Waals surface area contributed by atoms with Gasteiger partial charge in [-0.2, -0.15) is 0 Å². The molecule has 0 fully saturated rings. The zero-order valence-electron chi connectivity index (χ0n) is 39.5. The average Bonchev–Trinajstić information content (AvgIpc) is 4.20. The molecule has 1 aliphatic heterocycles. The van der Waals surface area contributed by atoms with E-state index < -0.39 is 0 Å². The van der Waals surface area contributed by atoms with Gasteiger partial charge in [0.2, 0.25) is 0 Å². The van der Waals surface area contributed by atoms with Crippen LogP contribution in [0.5, 0.6) is 11.5 Å². The number of hydrogen-bond acceptors (Lipinski definition) is 4. The molecule has 3 heterocycles. The van der Waals surface area contributed by atoms with Crippen LogP contribution in [0, 0.1) is 0 Å². The summed E-state index contributed by atoms with van der Waals surface area (Å²) in [6, 6.07) is 77.1. The molecule has 0 atom stereocenters. The Morgan fingerprint density at radius 3 is 1.34 bits per heavy atom. The first-order chi connectivity index (χ1) is 36.5. The number of benzene rings is 11. The number of hydrogen-bond donors (Lipinski definition) is 2. The minimum atomic E-state index is -0.0759. The maximum absolute atomic E-state index is 15.8. The van der Waals surface area contributed by atoms with E-state index in [4.69, 9.17) is 4.74 Å². The van der Waals surface area contributed by atoms with Crippen LogP contribution in [0.2, 0.25) is 0 Å². The zero-order valence-corrected chi connectivity index (χ0v) is 39.5. The number of fused-ring (bicyclic) bond motifs is 14. The number of H-pyrrole nitrogens is 2. The summed E-state index contributed by atoms with van der Waals surface area (Å²) in [7, 11) is 0. The Bertz CT molecular complexity index is 4890. The van der Waals surface area contributed by atoms with Gasteiger partial charge in [0.25, 0.3) is 0 Å². The van der Waals surface area contributed by atoms with Crippen LogP contribution in [0.4, 0.5) is 17.1 Å². The van der Waals surface area contributed by atoms with Gasteiger partial charge in [0, 0.05) is 75.9 Å². The predicted octanol–water partition coefficient (Wildman–Crippen LogP) is 17.4. The third-order valence-corrected chi connectivity index (χ3v) is 15.6. The van der Waals surface area contributed by atoms with E-state index in [0.29, 0.717) is 33.0 Å². The van der Waals surface area contributed by atoms with Gasteiger partial charge >= 0.3 is 0 Å². The lowest BCUT2D eigenvalue weighted by atomic mass is 9.92. The standard InChI is InChI=1S/C68H39N3O3/c72-67-48-18-11-21-59(71-60-34-40(38-12-3-1-4-13-38)24-30-62(60)74-63-31-25-41(35-61(63)71)39-14-5-2-6-15-39)64(48)51-36-54-52(37-53(51)67)65-44(42-22-28-57-49(32-42)46-16-7-9-19-55(46)69-57)26-27-45(66(65)68(54)73)43-23-29-58-50(33-43)47-17-8-10-20-56(47)70-58/h1-37,69-70H. The number of nitrogens with zero attached hydrogens (tertiary/aromatic N) is 1.